The van der Waals surface area contributed by atoms with Crippen LogP contribution in [0.15, 0.2) is 48.9 Å². The predicted molar refractivity (Wildman–Crippen MR) is 107 cm³/mol. The highest BCUT2D eigenvalue weighted by atomic mass is 16.5. The molecule has 4 heterocycles. The fourth-order valence-corrected chi connectivity index (χ4v) is 3.40. The summed E-state index contributed by atoms with van der Waals surface area (Å²) in [6.07, 6.45) is 6.72. The molecule has 0 aliphatic carbocycles. The van der Waals surface area contributed by atoms with Crippen molar-refractivity contribution in [1.82, 2.24) is 24.6 Å². The molecule has 1 saturated heterocycles. The van der Waals surface area contributed by atoms with Crippen molar-refractivity contribution in [3.05, 3.63) is 66.0 Å². The fraction of sp³-hybridized carbons (Fsp3) is 0.286. The van der Waals surface area contributed by atoms with Gasteiger partial charge in [0.2, 0.25) is 5.69 Å². The maximum atomic E-state index is 13.1. The first-order chi connectivity index (χ1) is 14.2. The van der Waals surface area contributed by atoms with Crippen LogP contribution in [0.5, 0.6) is 0 Å². The normalized spacial score (nSPS) is 14.6. The summed E-state index contributed by atoms with van der Waals surface area (Å²) >= 11 is 0. The molecule has 146 valence electrons. The van der Waals surface area contributed by atoms with Crippen molar-refractivity contribution < 1.29 is 9.53 Å². The second-order valence-electron chi connectivity index (χ2n) is 6.78. The van der Waals surface area contributed by atoms with Crippen LogP contribution in [0.3, 0.4) is 0 Å². The molecule has 29 heavy (non-hydrogen) atoms. The molecule has 0 aromatic carbocycles. The highest BCUT2D eigenvalue weighted by molar-refractivity contribution is 5.93. The molecule has 1 aliphatic heterocycles. The Bertz CT molecular complexity index is 1030. The van der Waals surface area contributed by atoms with Crippen LogP contribution in [0.25, 0.3) is 21.9 Å². The van der Waals surface area contributed by atoms with Gasteiger partial charge in [-0.25, -0.2) is 9.53 Å². The van der Waals surface area contributed by atoms with Crippen LogP contribution in [0.4, 0.5) is 5.69 Å². The van der Waals surface area contributed by atoms with Crippen LogP contribution < -0.4 is 0 Å². The summed E-state index contributed by atoms with van der Waals surface area (Å²) < 4.78 is 7.06. The van der Waals surface area contributed by atoms with E-state index in [1.54, 1.807) is 42.4 Å². The van der Waals surface area contributed by atoms with E-state index in [0.717, 1.165) is 18.5 Å². The third kappa shape index (κ3) is 3.86. The van der Waals surface area contributed by atoms with Crippen LogP contribution in [0, 0.1) is 6.57 Å². The Kier molecular flexibility index (Phi) is 5.31. The van der Waals surface area contributed by atoms with Crippen LogP contribution in [0.2, 0.25) is 0 Å². The number of likely N-dealkylation sites (tertiary alicyclic amines) is 1. The molecule has 1 fully saturated rings. The van der Waals surface area contributed by atoms with Gasteiger partial charge in [-0.1, -0.05) is 6.07 Å². The number of aromatic nitrogens is 4. The number of piperidine rings is 1. The third-order valence-corrected chi connectivity index (χ3v) is 5.02. The molecule has 8 heteroatoms. The molecule has 0 N–H and O–H groups in total. The van der Waals surface area contributed by atoms with Gasteiger partial charge >= 0.3 is 0 Å². The molecule has 0 saturated carbocycles. The molecule has 0 radical (unpaired) electrons. The van der Waals surface area contributed by atoms with E-state index in [4.69, 9.17) is 11.3 Å². The largest absolute Gasteiger partial charge is 0.381 e. The van der Waals surface area contributed by atoms with E-state index in [9.17, 15) is 4.79 Å². The topological polar surface area (TPSA) is 77.5 Å². The highest BCUT2D eigenvalue weighted by Crippen LogP contribution is 2.25. The van der Waals surface area contributed by atoms with Gasteiger partial charge in [0.15, 0.2) is 5.69 Å². The van der Waals surface area contributed by atoms with Crippen molar-refractivity contribution in [2.75, 3.05) is 20.2 Å². The van der Waals surface area contributed by atoms with E-state index in [1.807, 2.05) is 17.0 Å². The highest BCUT2D eigenvalue weighted by Gasteiger charge is 2.26. The Morgan fingerprint density at radius 2 is 2.07 bits per heavy atom. The summed E-state index contributed by atoms with van der Waals surface area (Å²) in [5.41, 5.74) is 2.85. The van der Waals surface area contributed by atoms with Crippen LogP contribution in [-0.2, 0) is 4.74 Å². The molecule has 0 atom stereocenters. The summed E-state index contributed by atoms with van der Waals surface area (Å²) in [4.78, 5) is 26.8. The van der Waals surface area contributed by atoms with Crippen LogP contribution in [0.1, 0.15) is 23.3 Å². The molecule has 0 spiro atoms. The SMILES string of the molecule is [C-]#[N+]c1ccc(-c2cc(C(=O)N3CCC(OC)CC3)nn2-c2cccnc2)nc1. The van der Waals surface area contributed by atoms with Crippen molar-refractivity contribution in [2.45, 2.75) is 18.9 Å². The molecular formula is C21H20N6O2. The lowest BCUT2D eigenvalue weighted by molar-refractivity contribution is 0.0347. The smallest absolute Gasteiger partial charge is 0.274 e. The molecule has 8 nitrogen and oxygen atoms in total. The first-order valence-electron chi connectivity index (χ1n) is 9.36. The Morgan fingerprint density at radius 1 is 1.24 bits per heavy atom. The van der Waals surface area contributed by atoms with Gasteiger partial charge in [-0.3, -0.25) is 14.8 Å². The molecule has 1 aliphatic rings. The molecule has 4 rings (SSSR count). The van der Waals surface area contributed by atoms with Crippen molar-refractivity contribution in [3.8, 4) is 17.1 Å². The fourth-order valence-electron chi connectivity index (χ4n) is 3.40. The number of carbonyl (C=O) groups excluding carboxylic acids is 1. The second kappa shape index (κ2) is 8.20. The molecule has 3 aromatic rings. The van der Waals surface area contributed by atoms with E-state index in [2.05, 4.69) is 19.9 Å². The summed E-state index contributed by atoms with van der Waals surface area (Å²) in [6.45, 7) is 8.38. The Balaban J connectivity index is 1.70. The van der Waals surface area contributed by atoms with Crippen molar-refractivity contribution >= 4 is 11.6 Å². The number of nitrogens with zero attached hydrogens (tertiary/aromatic N) is 6. The number of ether oxygens (including phenoxy) is 1. The van der Waals surface area contributed by atoms with Crippen molar-refractivity contribution in [2.24, 2.45) is 0 Å². The number of carbonyl (C=O) groups is 1. The van der Waals surface area contributed by atoms with E-state index < -0.39 is 0 Å². The summed E-state index contributed by atoms with van der Waals surface area (Å²) in [6, 6.07) is 8.89. The van der Waals surface area contributed by atoms with Crippen molar-refractivity contribution in [1.29, 1.82) is 0 Å². The molecule has 0 bridgehead atoms. The number of pyridine rings is 2. The van der Waals surface area contributed by atoms with Crippen LogP contribution >= 0.6 is 0 Å². The van der Waals surface area contributed by atoms with Gasteiger partial charge in [-0.05, 0) is 37.1 Å². The predicted octanol–water partition coefficient (Wildman–Crippen LogP) is 3.13. The average molecular weight is 388 g/mol. The third-order valence-electron chi connectivity index (χ3n) is 5.02. The first-order valence-corrected chi connectivity index (χ1v) is 9.36. The lowest BCUT2D eigenvalue weighted by Gasteiger charge is -2.30. The molecule has 1 amide bonds. The molecule has 3 aromatic heterocycles. The van der Waals surface area contributed by atoms with Gasteiger partial charge < -0.3 is 9.64 Å². The number of rotatable bonds is 4. The van der Waals surface area contributed by atoms with Gasteiger partial charge in [0.05, 0.1) is 35.9 Å². The Labute approximate surface area is 168 Å². The van der Waals surface area contributed by atoms with Gasteiger partial charge in [0, 0.05) is 32.6 Å². The van der Waals surface area contributed by atoms with Gasteiger partial charge in [0.25, 0.3) is 5.91 Å². The van der Waals surface area contributed by atoms with Gasteiger partial charge in [-0.2, -0.15) is 5.10 Å². The maximum absolute atomic E-state index is 13.1. The molecule has 0 unspecified atom stereocenters. The van der Waals surface area contributed by atoms with E-state index >= 15 is 0 Å². The van der Waals surface area contributed by atoms with E-state index in [0.29, 0.717) is 35.9 Å². The lowest BCUT2D eigenvalue weighted by atomic mass is 10.1. The zero-order chi connectivity index (χ0) is 20.2. The van der Waals surface area contributed by atoms with Gasteiger partial charge in [0.1, 0.15) is 0 Å². The molecular weight excluding hydrogens is 368 g/mol. The Morgan fingerprint density at radius 3 is 2.69 bits per heavy atom. The number of hydrogen-bond donors (Lipinski definition) is 0. The second-order valence-corrected chi connectivity index (χ2v) is 6.78. The minimum atomic E-state index is -0.110. The lowest BCUT2D eigenvalue weighted by Crippen LogP contribution is -2.40. The monoisotopic (exact) mass is 388 g/mol. The minimum Gasteiger partial charge on any atom is -0.381 e. The number of hydrogen-bond acceptors (Lipinski definition) is 5. The summed E-state index contributed by atoms with van der Waals surface area (Å²) in [7, 11) is 1.70. The average Bonchev–Trinajstić information content (AvgIpc) is 3.25. The first kappa shape index (κ1) is 18.8. The number of amides is 1. The van der Waals surface area contributed by atoms with E-state index in [1.165, 1.54) is 6.20 Å². The van der Waals surface area contributed by atoms with Crippen LogP contribution in [-0.4, -0.2) is 56.9 Å². The maximum Gasteiger partial charge on any atom is 0.274 e. The quantitative estimate of drug-likeness (QED) is 0.642. The zero-order valence-corrected chi connectivity index (χ0v) is 16.0. The summed E-state index contributed by atoms with van der Waals surface area (Å²) in [5.74, 6) is -0.110. The van der Waals surface area contributed by atoms with E-state index in [-0.39, 0.29) is 12.0 Å². The zero-order valence-electron chi connectivity index (χ0n) is 16.0. The van der Waals surface area contributed by atoms with Crippen molar-refractivity contribution in [3.63, 3.8) is 0 Å². The Hall–Kier alpha value is -3.57. The summed E-state index contributed by atoms with van der Waals surface area (Å²) in [5, 5.41) is 4.57. The minimum absolute atomic E-state index is 0.110. The van der Waals surface area contributed by atoms with Gasteiger partial charge in [-0.15, -0.1) is 0 Å². The standard InChI is InChI=1S/C21H20N6O2/c1-22-15-5-6-18(24-13-15)20-12-19(25-27(20)16-4-3-9-23-14-16)21(28)26-10-7-17(29-2)8-11-26/h3-6,9,12-14,17H,7-8,10-11H2,2H3. The number of methoxy groups -OCH3 is 1.